The maximum Gasteiger partial charge on any atom is 0.253 e. The number of nitrogens with zero attached hydrogens (tertiary/aromatic N) is 1. The summed E-state index contributed by atoms with van der Waals surface area (Å²) in [5.74, 6) is -0.408. The van der Waals surface area contributed by atoms with E-state index in [1.807, 2.05) is 0 Å². The molecule has 0 aromatic heterocycles. The van der Waals surface area contributed by atoms with Gasteiger partial charge in [0.25, 0.3) is 11.8 Å². The van der Waals surface area contributed by atoms with E-state index >= 15 is 0 Å². The number of benzene rings is 1. The molecule has 0 aliphatic rings. The Kier molecular flexibility index (Phi) is 6.11. The summed E-state index contributed by atoms with van der Waals surface area (Å²) in [6, 6.07) is 6.31. The zero-order chi connectivity index (χ0) is 16.9. The highest BCUT2D eigenvalue weighted by molar-refractivity contribution is 5.99. The number of nitrogens with one attached hydrogen (secondary N) is 1. The highest BCUT2D eigenvalue weighted by Gasteiger charge is 2.19. The summed E-state index contributed by atoms with van der Waals surface area (Å²) in [7, 11) is 1.76. The molecule has 1 aromatic carbocycles. The molecule has 0 aliphatic carbocycles. The minimum absolute atomic E-state index is 0.00987. The van der Waals surface area contributed by atoms with Gasteiger partial charge in [0.1, 0.15) is 0 Å². The maximum absolute atomic E-state index is 12.4. The number of hydrogen-bond acceptors (Lipinski definition) is 3. The third-order valence-corrected chi connectivity index (χ3v) is 3.08. The van der Waals surface area contributed by atoms with Crippen LogP contribution in [0.1, 0.15) is 48.4 Å². The van der Waals surface area contributed by atoms with Crippen LogP contribution < -0.4 is 5.32 Å². The van der Waals surface area contributed by atoms with E-state index in [-0.39, 0.29) is 29.9 Å². The van der Waals surface area contributed by atoms with Gasteiger partial charge in [0, 0.05) is 30.8 Å². The van der Waals surface area contributed by atoms with Crippen LogP contribution in [-0.4, -0.2) is 48.1 Å². The molecule has 5 nitrogen and oxygen atoms in total. The molecule has 22 heavy (non-hydrogen) atoms. The van der Waals surface area contributed by atoms with Crippen molar-refractivity contribution in [1.29, 1.82) is 0 Å². The van der Waals surface area contributed by atoms with E-state index in [2.05, 4.69) is 26.1 Å². The standard InChI is InChI=1S/C17H26N2O3/c1-12(10-20)18-15(21)13-7-6-8-14(9-13)16(22)19(5)11-17(2,3)4/h6-9,12,20H,10-11H2,1-5H3,(H,18,21). The van der Waals surface area contributed by atoms with E-state index in [9.17, 15) is 9.59 Å². The number of carbonyl (C=O) groups is 2. The van der Waals surface area contributed by atoms with Crippen molar-refractivity contribution in [1.82, 2.24) is 10.2 Å². The predicted octanol–water partition coefficient (Wildman–Crippen LogP) is 1.92. The molecule has 1 unspecified atom stereocenters. The van der Waals surface area contributed by atoms with Gasteiger partial charge in [-0.15, -0.1) is 0 Å². The van der Waals surface area contributed by atoms with Crippen molar-refractivity contribution >= 4 is 11.8 Å². The predicted molar refractivity (Wildman–Crippen MR) is 86.9 cm³/mol. The van der Waals surface area contributed by atoms with Gasteiger partial charge in [-0.1, -0.05) is 26.8 Å². The van der Waals surface area contributed by atoms with Crippen LogP contribution in [0, 0.1) is 5.41 Å². The fourth-order valence-electron chi connectivity index (χ4n) is 2.15. The number of aliphatic hydroxyl groups excluding tert-OH is 1. The molecule has 0 spiro atoms. The van der Waals surface area contributed by atoms with Gasteiger partial charge in [0.05, 0.1) is 6.61 Å². The first-order valence-corrected chi connectivity index (χ1v) is 7.41. The lowest BCUT2D eigenvalue weighted by Gasteiger charge is -2.26. The Morgan fingerprint density at radius 2 is 1.86 bits per heavy atom. The zero-order valence-corrected chi connectivity index (χ0v) is 14.0. The molecule has 0 saturated carbocycles. The van der Waals surface area contributed by atoms with Crippen LogP contribution in [0.4, 0.5) is 0 Å². The second-order valence-corrected chi connectivity index (χ2v) is 6.86. The Bertz CT molecular complexity index is 535. The van der Waals surface area contributed by atoms with Gasteiger partial charge >= 0.3 is 0 Å². The molecular formula is C17H26N2O3. The average Bonchev–Trinajstić information content (AvgIpc) is 2.44. The van der Waals surface area contributed by atoms with Crippen LogP contribution in [0.2, 0.25) is 0 Å². The van der Waals surface area contributed by atoms with Crippen molar-refractivity contribution < 1.29 is 14.7 Å². The number of rotatable bonds is 5. The lowest BCUT2D eigenvalue weighted by atomic mass is 9.96. The fourth-order valence-corrected chi connectivity index (χ4v) is 2.15. The molecule has 0 fully saturated rings. The van der Waals surface area contributed by atoms with Crippen LogP contribution in [-0.2, 0) is 0 Å². The van der Waals surface area contributed by atoms with Gasteiger partial charge in [-0.3, -0.25) is 9.59 Å². The Hall–Kier alpha value is -1.88. The minimum atomic E-state index is -0.324. The SMILES string of the molecule is CC(CO)NC(=O)c1cccc(C(=O)N(C)CC(C)(C)C)c1. The van der Waals surface area contributed by atoms with E-state index in [0.29, 0.717) is 17.7 Å². The van der Waals surface area contributed by atoms with Crippen LogP contribution in [0.25, 0.3) is 0 Å². The molecule has 0 aliphatic heterocycles. The normalized spacial score (nSPS) is 12.6. The van der Waals surface area contributed by atoms with Crippen molar-refractivity contribution in [3.8, 4) is 0 Å². The maximum atomic E-state index is 12.4. The van der Waals surface area contributed by atoms with E-state index in [4.69, 9.17) is 5.11 Å². The topological polar surface area (TPSA) is 69.6 Å². The summed E-state index contributed by atoms with van der Waals surface area (Å²) >= 11 is 0. The highest BCUT2D eigenvalue weighted by atomic mass is 16.3. The second-order valence-electron chi connectivity index (χ2n) is 6.86. The van der Waals surface area contributed by atoms with Crippen LogP contribution in [0.15, 0.2) is 24.3 Å². The fraction of sp³-hybridized carbons (Fsp3) is 0.529. The van der Waals surface area contributed by atoms with Crippen molar-refractivity contribution in [2.75, 3.05) is 20.2 Å². The molecule has 0 saturated heterocycles. The first-order chi connectivity index (χ1) is 10.1. The average molecular weight is 306 g/mol. The van der Waals surface area contributed by atoms with Crippen LogP contribution in [0.3, 0.4) is 0 Å². The largest absolute Gasteiger partial charge is 0.394 e. The number of hydrogen-bond donors (Lipinski definition) is 2. The highest BCUT2D eigenvalue weighted by Crippen LogP contribution is 2.16. The minimum Gasteiger partial charge on any atom is -0.394 e. The monoisotopic (exact) mass is 306 g/mol. The summed E-state index contributed by atoms with van der Waals surface area (Å²) in [4.78, 5) is 26.1. The van der Waals surface area contributed by atoms with Gasteiger partial charge in [-0.25, -0.2) is 0 Å². The molecule has 2 N–H and O–H groups in total. The van der Waals surface area contributed by atoms with Crippen molar-refractivity contribution in [2.24, 2.45) is 5.41 Å². The first-order valence-electron chi connectivity index (χ1n) is 7.41. The first kappa shape index (κ1) is 18.2. The summed E-state index contributed by atoms with van der Waals surface area (Å²) < 4.78 is 0. The molecule has 1 aromatic rings. The Labute approximate surface area is 132 Å². The van der Waals surface area contributed by atoms with Crippen LogP contribution >= 0.6 is 0 Å². The molecule has 1 rings (SSSR count). The summed E-state index contributed by atoms with van der Waals surface area (Å²) in [5.41, 5.74) is 0.905. The summed E-state index contributed by atoms with van der Waals surface area (Å²) in [5, 5.41) is 11.6. The van der Waals surface area contributed by atoms with E-state index < -0.39 is 0 Å². The van der Waals surface area contributed by atoms with E-state index in [1.54, 1.807) is 43.1 Å². The van der Waals surface area contributed by atoms with Crippen molar-refractivity contribution in [3.05, 3.63) is 35.4 Å². The van der Waals surface area contributed by atoms with Gasteiger partial charge in [0.15, 0.2) is 0 Å². The Balaban J connectivity index is 2.87. The Morgan fingerprint density at radius 3 is 2.41 bits per heavy atom. The molecular weight excluding hydrogens is 280 g/mol. The smallest absolute Gasteiger partial charge is 0.253 e. The second kappa shape index (κ2) is 7.40. The van der Waals surface area contributed by atoms with E-state index in [1.165, 1.54) is 0 Å². The number of amides is 2. The number of carbonyl (C=O) groups excluding carboxylic acids is 2. The van der Waals surface area contributed by atoms with Crippen LogP contribution in [0.5, 0.6) is 0 Å². The molecule has 122 valence electrons. The molecule has 2 amide bonds. The van der Waals surface area contributed by atoms with Gasteiger partial charge in [-0.05, 0) is 30.5 Å². The molecule has 0 radical (unpaired) electrons. The molecule has 5 heteroatoms. The molecule has 0 bridgehead atoms. The third kappa shape index (κ3) is 5.48. The summed E-state index contributed by atoms with van der Waals surface area (Å²) in [6.45, 7) is 8.41. The molecule has 1 atom stereocenters. The lowest BCUT2D eigenvalue weighted by molar-refractivity contribution is 0.0745. The van der Waals surface area contributed by atoms with E-state index in [0.717, 1.165) is 0 Å². The quantitative estimate of drug-likeness (QED) is 0.873. The van der Waals surface area contributed by atoms with Crippen molar-refractivity contribution in [2.45, 2.75) is 33.7 Å². The number of aliphatic hydroxyl groups is 1. The third-order valence-electron chi connectivity index (χ3n) is 3.08. The summed E-state index contributed by atoms with van der Waals surface area (Å²) in [6.07, 6.45) is 0. The van der Waals surface area contributed by atoms with Gasteiger partial charge < -0.3 is 15.3 Å². The zero-order valence-electron chi connectivity index (χ0n) is 14.0. The Morgan fingerprint density at radius 1 is 1.27 bits per heavy atom. The lowest BCUT2D eigenvalue weighted by Crippen LogP contribution is -2.36. The van der Waals surface area contributed by atoms with Gasteiger partial charge in [-0.2, -0.15) is 0 Å². The van der Waals surface area contributed by atoms with Gasteiger partial charge in [0.2, 0.25) is 0 Å². The van der Waals surface area contributed by atoms with Crippen molar-refractivity contribution in [3.63, 3.8) is 0 Å². The molecule has 0 heterocycles.